The van der Waals surface area contributed by atoms with Crippen LogP contribution in [-0.4, -0.2) is 61.6 Å². The van der Waals surface area contributed by atoms with Gasteiger partial charge in [0.1, 0.15) is 24.4 Å². The average molecular weight is 506 g/mol. The molecule has 0 unspecified atom stereocenters. The number of ether oxygens (including phenoxy) is 5. The van der Waals surface area contributed by atoms with Gasteiger partial charge in [-0.25, -0.2) is 0 Å². The lowest BCUT2D eigenvalue weighted by atomic mass is 9.98. The van der Waals surface area contributed by atoms with Crippen LogP contribution in [-0.2, 0) is 43.5 Å². The van der Waals surface area contributed by atoms with Crippen molar-refractivity contribution < 1.29 is 28.8 Å². The van der Waals surface area contributed by atoms with E-state index in [1.165, 1.54) is 0 Å². The van der Waals surface area contributed by atoms with Crippen molar-refractivity contribution in [1.29, 1.82) is 0 Å². The highest BCUT2D eigenvalue weighted by molar-refractivity contribution is 5.15. The van der Waals surface area contributed by atoms with Gasteiger partial charge in [-0.1, -0.05) is 91.0 Å². The zero-order chi connectivity index (χ0) is 25.3. The summed E-state index contributed by atoms with van der Waals surface area (Å²) < 4.78 is 31.0. The van der Waals surface area contributed by atoms with Crippen molar-refractivity contribution >= 4 is 0 Å². The molecule has 2 fully saturated rings. The highest BCUT2D eigenvalue weighted by Crippen LogP contribution is 2.29. The summed E-state index contributed by atoms with van der Waals surface area (Å²) in [5.41, 5.74) is 3.12. The third-order valence-electron chi connectivity index (χ3n) is 6.53. The van der Waals surface area contributed by atoms with E-state index in [9.17, 15) is 5.11 Å². The van der Waals surface area contributed by atoms with Crippen molar-refractivity contribution in [3.63, 3.8) is 0 Å². The van der Waals surface area contributed by atoms with Crippen LogP contribution in [0.4, 0.5) is 0 Å². The quantitative estimate of drug-likeness (QED) is 0.344. The maximum absolute atomic E-state index is 11.3. The molecule has 37 heavy (non-hydrogen) atoms. The van der Waals surface area contributed by atoms with Crippen LogP contribution >= 0.6 is 0 Å². The molecule has 7 nitrogen and oxygen atoms in total. The smallest absolute Gasteiger partial charge is 0.186 e. The molecule has 7 heteroatoms. The summed E-state index contributed by atoms with van der Waals surface area (Å²) in [6.45, 7) is 2.78. The molecular weight excluding hydrogens is 470 g/mol. The van der Waals surface area contributed by atoms with Crippen molar-refractivity contribution in [1.82, 2.24) is 5.32 Å². The molecule has 0 radical (unpaired) electrons. The Bertz CT molecular complexity index is 1050. The first-order chi connectivity index (χ1) is 18.3. The van der Waals surface area contributed by atoms with Crippen molar-refractivity contribution in [2.45, 2.75) is 56.6 Å². The van der Waals surface area contributed by atoms with Crippen LogP contribution in [0.15, 0.2) is 91.0 Å². The lowest BCUT2D eigenvalue weighted by Gasteiger charge is -2.44. The van der Waals surface area contributed by atoms with E-state index >= 15 is 0 Å². The summed E-state index contributed by atoms with van der Waals surface area (Å²) >= 11 is 0. The minimum absolute atomic E-state index is 0.272. The van der Waals surface area contributed by atoms with Crippen LogP contribution in [0.2, 0.25) is 0 Å². The number of aliphatic hydroxyl groups is 1. The number of rotatable bonds is 13. The minimum Gasteiger partial charge on any atom is -0.385 e. The maximum Gasteiger partial charge on any atom is 0.186 e. The van der Waals surface area contributed by atoms with Crippen molar-refractivity contribution in [2.24, 2.45) is 0 Å². The van der Waals surface area contributed by atoms with Gasteiger partial charge in [-0.05, 0) is 16.7 Å². The molecule has 3 aromatic rings. The van der Waals surface area contributed by atoms with Gasteiger partial charge in [-0.3, -0.25) is 0 Å². The van der Waals surface area contributed by atoms with Crippen molar-refractivity contribution in [3.05, 3.63) is 108 Å². The topological polar surface area (TPSA) is 88.3 Å². The van der Waals surface area contributed by atoms with Gasteiger partial charge < -0.3 is 34.1 Å². The van der Waals surface area contributed by atoms with E-state index in [0.29, 0.717) is 32.5 Å². The maximum atomic E-state index is 11.3. The standard InChI is InChI=1S/C30H35NO6/c32-27-29(35-19-24-14-8-3-9-15-24)28(34-18-23-12-6-2-7-13-23)26(37-30(27)36-20-25-16-31-25)21-33-17-22-10-4-1-5-11-22/h1-15,25-32H,16-21H2/t25-,26+,27+,28+,29+,30+/m0/s1. The molecular formula is C30H35NO6. The first-order valence-corrected chi connectivity index (χ1v) is 12.9. The molecule has 196 valence electrons. The molecule has 2 aliphatic heterocycles. The summed E-state index contributed by atoms with van der Waals surface area (Å²) in [5, 5.41) is 14.5. The Hall–Kier alpha value is -2.62. The first-order valence-electron chi connectivity index (χ1n) is 12.9. The Morgan fingerprint density at radius 2 is 1.19 bits per heavy atom. The fourth-order valence-corrected chi connectivity index (χ4v) is 4.37. The molecule has 0 bridgehead atoms. The van der Waals surface area contributed by atoms with E-state index < -0.39 is 30.7 Å². The molecule has 0 saturated carbocycles. The highest BCUT2D eigenvalue weighted by Gasteiger charge is 2.48. The van der Waals surface area contributed by atoms with Gasteiger partial charge in [0.05, 0.1) is 33.0 Å². The third-order valence-corrected chi connectivity index (χ3v) is 6.53. The fraction of sp³-hybridized carbons (Fsp3) is 0.400. The highest BCUT2D eigenvalue weighted by atomic mass is 16.7. The zero-order valence-corrected chi connectivity index (χ0v) is 20.9. The first kappa shape index (κ1) is 26.0. The normalized spacial score (nSPS) is 27.2. The summed E-state index contributed by atoms with van der Waals surface area (Å²) in [7, 11) is 0. The van der Waals surface area contributed by atoms with Gasteiger partial charge in [0.25, 0.3) is 0 Å². The van der Waals surface area contributed by atoms with Gasteiger partial charge in [0.2, 0.25) is 0 Å². The molecule has 3 aromatic carbocycles. The Morgan fingerprint density at radius 3 is 1.73 bits per heavy atom. The summed E-state index contributed by atoms with van der Waals surface area (Å²) in [6.07, 6.45) is -3.58. The number of hydrogen-bond acceptors (Lipinski definition) is 7. The Kier molecular flexibility index (Phi) is 9.32. The SMILES string of the molecule is O[C@H]1[C@H](OC[C@@H]2CN2)O[C@H](COCc2ccccc2)[C@@H](OCc2ccccc2)[C@@H]1OCc1ccccc1. The molecule has 0 spiro atoms. The Balaban J connectivity index is 1.32. The lowest BCUT2D eigenvalue weighted by Crippen LogP contribution is -2.61. The van der Waals surface area contributed by atoms with Gasteiger partial charge in [0, 0.05) is 12.6 Å². The molecule has 0 aromatic heterocycles. The fourth-order valence-electron chi connectivity index (χ4n) is 4.37. The van der Waals surface area contributed by atoms with Crippen LogP contribution in [0.25, 0.3) is 0 Å². The number of aliphatic hydroxyl groups excluding tert-OH is 1. The molecule has 2 heterocycles. The van der Waals surface area contributed by atoms with Crippen LogP contribution in [0.3, 0.4) is 0 Å². The van der Waals surface area contributed by atoms with Crippen molar-refractivity contribution in [3.8, 4) is 0 Å². The zero-order valence-electron chi connectivity index (χ0n) is 20.9. The van der Waals surface area contributed by atoms with Crippen LogP contribution in [0.1, 0.15) is 16.7 Å². The molecule has 6 atom stereocenters. The molecule has 0 amide bonds. The van der Waals surface area contributed by atoms with E-state index in [2.05, 4.69) is 5.32 Å². The van der Waals surface area contributed by atoms with E-state index in [1.54, 1.807) is 0 Å². The minimum atomic E-state index is -1.02. The second-order valence-electron chi connectivity index (χ2n) is 9.50. The molecule has 2 saturated heterocycles. The van der Waals surface area contributed by atoms with E-state index in [0.717, 1.165) is 23.2 Å². The van der Waals surface area contributed by atoms with Gasteiger partial charge in [-0.15, -0.1) is 0 Å². The van der Waals surface area contributed by atoms with Gasteiger partial charge in [-0.2, -0.15) is 0 Å². The Labute approximate surface area is 218 Å². The molecule has 0 aliphatic carbocycles. The van der Waals surface area contributed by atoms with E-state index in [1.807, 2.05) is 91.0 Å². The predicted molar refractivity (Wildman–Crippen MR) is 139 cm³/mol. The second-order valence-corrected chi connectivity index (χ2v) is 9.50. The summed E-state index contributed by atoms with van der Waals surface area (Å²) in [6, 6.07) is 30.1. The van der Waals surface area contributed by atoms with Crippen LogP contribution in [0.5, 0.6) is 0 Å². The predicted octanol–water partition coefficient (Wildman–Crippen LogP) is 3.45. The average Bonchev–Trinajstić information content (AvgIpc) is 3.78. The van der Waals surface area contributed by atoms with E-state index in [4.69, 9.17) is 23.7 Å². The largest absolute Gasteiger partial charge is 0.385 e. The van der Waals surface area contributed by atoms with E-state index in [-0.39, 0.29) is 6.61 Å². The number of benzene rings is 3. The van der Waals surface area contributed by atoms with Gasteiger partial charge >= 0.3 is 0 Å². The molecule has 5 rings (SSSR count). The summed E-state index contributed by atoms with van der Waals surface area (Å²) in [4.78, 5) is 0. The summed E-state index contributed by atoms with van der Waals surface area (Å²) in [5.74, 6) is 0. The van der Waals surface area contributed by atoms with Crippen LogP contribution < -0.4 is 5.32 Å². The molecule has 2 aliphatic rings. The molecule has 2 N–H and O–H groups in total. The monoisotopic (exact) mass is 505 g/mol. The van der Waals surface area contributed by atoms with Crippen LogP contribution in [0, 0.1) is 0 Å². The number of hydrogen-bond donors (Lipinski definition) is 2. The third kappa shape index (κ3) is 7.69. The number of nitrogens with one attached hydrogen (secondary N) is 1. The second kappa shape index (κ2) is 13.3. The Morgan fingerprint density at radius 1 is 0.676 bits per heavy atom. The van der Waals surface area contributed by atoms with Crippen molar-refractivity contribution in [2.75, 3.05) is 19.8 Å². The van der Waals surface area contributed by atoms with Gasteiger partial charge in [0.15, 0.2) is 6.29 Å². The lowest BCUT2D eigenvalue weighted by molar-refractivity contribution is -0.318.